The van der Waals surface area contributed by atoms with Gasteiger partial charge in [0.25, 0.3) is 0 Å². The van der Waals surface area contributed by atoms with Gasteiger partial charge in [0.2, 0.25) is 0 Å². The molecular weight excluding hydrogens is 247 g/mol. The zero-order valence-corrected chi connectivity index (χ0v) is 10.8. The molecule has 1 fully saturated rings. The molecule has 0 aliphatic carbocycles. The van der Waals surface area contributed by atoms with Crippen LogP contribution in [0.3, 0.4) is 0 Å². The summed E-state index contributed by atoms with van der Waals surface area (Å²) in [5.41, 5.74) is 0.914. The first-order valence-electron chi connectivity index (χ1n) is 6.57. The van der Waals surface area contributed by atoms with E-state index in [1.807, 2.05) is 30.3 Å². The number of hydrogen-bond donors (Lipinski definition) is 2. The molecule has 2 atom stereocenters. The summed E-state index contributed by atoms with van der Waals surface area (Å²) in [6, 6.07) is 8.95. The van der Waals surface area contributed by atoms with E-state index in [4.69, 9.17) is 4.74 Å². The van der Waals surface area contributed by atoms with Crippen molar-refractivity contribution in [3.05, 3.63) is 35.9 Å². The standard InChI is InChI=1S/C14H19FN2O2/c15-12-6-8-16-9-7-13(12)17-14(18)19-10-11-4-2-1-3-5-11/h1-5,12-13,16H,6-10H2,(H,17,18)/t12-,13-/m1/s1. The summed E-state index contributed by atoms with van der Waals surface area (Å²) < 4.78 is 18.8. The number of ether oxygens (including phenoxy) is 1. The molecule has 4 nitrogen and oxygen atoms in total. The highest BCUT2D eigenvalue weighted by Crippen LogP contribution is 2.11. The van der Waals surface area contributed by atoms with Crippen molar-refractivity contribution in [2.75, 3.05) is 13.1 Å². The summed E-state index contributed by atoms with van der Waals surface area (Å²) in [6.45, 7) is 1.57. The monoisotopic (exact) mass is 266 g/mol. The lowest BCUT2D eigenvalue weighted by atomic mass is 10.1. The van der Waals surface area contributed by atoms with Gasteiger partial charge in [0.1, 0.15) is 12.8 Å². The van der Waals surface area contributed by atoms with Crippen molar-refractivity contribution in [1.29, 1.82) is 0 Å². The quantitative estimate of drug-likeness (QED) is 0.880. The average molecular weight is 266 g/mol. The van der Waals surface area contributed by atoms with Gasteiger partial charge in [0.15, 0.2) is 0 Å². The van der Waals surface area contributed by atoms with Crippen LogP contribution in [0.4, 0.5) is 9.18 Å². The number of nitrogens with one attached hydrogen (secondary N) is 2. The number of carbonyl (C=O) groups is 1. The van der Waals surface area contributed by atoms with E-state index in [0.29, 0.717) is 25.9 Å². The summed E-state index contributed by atoms with van der Waals surface area (Å²) >= 11 is 0. The average Bonchev–Trinajstić information content (AvgIpc) is 2.63. The normalized spacial score (nSPS) is 23.4. The van der Waals surface area contributed by atoms with Crippen molar-refractivity contribution in [1.82, 2.24) is 10.6 Å². The lowest BCUT2D eigenvalue weighted by Crippen LogP contribution is -2.41. The van der Waals surface area contributed by atoms with Crippen molar-refractivity contribution in [2.45, 2.75) is 31.7 Å². The van der Waals surface area contributed by atoms with E-state index in [1.165, 1.54) is 0 Å². The van der Waals surface area contributed by atoms with Crippen LogP contribution in [0.5, 0.6) is 0 Å². The lowest BCUT2D eigenvalue weighted by Gasteiger charge is -2.19. The molecule has 0 bridgehead atoms. The molecule has 1 aromatic carbocycles. The van der Waals surface area contributed by atoms with Gasteiger partial charge in [-0.3, -0.25) is 0 Å². The number of halogens is 1. The second-order valence-corrected chi connectivity index (χ2v) is 4.66. The highest BCUT2D eigenvalue weighted by atomic mass is 19.1. The molecule has 1 saturated heterocycles. The third kappa shape index (κ3) is 4.52. The summed E-state index contributed by atoms with van der Waals surface area (Å²) in [6.07, 6.45) is -0.566. The van der Waals surface area contributed by atoms with Crippen LogP contribution in [0.15, 0.2) is 30.3 Å². The van der Waals surface area contributed by atoms with Gasteiger partial charge in [-0.25, -0.2) is 9.18 Å². The molecule has 0 aromatic heterocycles. The van der Waals surface area contributed by atoms with Crippen molar-refractivity contribution in [2.24, 2.45) is 0 Å². The highest BCUT2D eigenvalue weighted by molar-refractivity contribution is 5.67. The zero-order valence-electron chi connectivity index (χ0n) is 10.8. The second-order valence-electron chi connectivity index (χ2n) is 4.66. The van der Waals surface area contributed by atoms with E-state index in [0.717, 1.165) is 5.56 Å². The van der Waals surface area contributed by atoms with Gasteiger partial charge >= 0.3 is 6.09 Å². The maximum absolute atomic E-state index is 13.7. The Morgan fingerprint density at radius 1 is 1.32 bits per heavy atom. The van der Waals surface area contributed by atoms with Crippen LogP contribution in [-0.2, 0) is 11.3 Å². The third-order valence-electron chi connectivity index (χ3n) is 3.18. The topological polar surface area (TPSA) is 50.4 Å². The number of carbonyl (C=O) groups excluding carboxylic acids is 1. The van der Waals surface area contributed by atoms with Gasteiger partial charge in [0.05, 0.1) is 6.04 Å². The second kappa shape index (κ2) is 7.09. The third-order valence-corrected chi connectivity index (χ3v) is 3.18. The predicted molar refractivity (Wildman–Crippen MR) is 70.6 cm³/mol. The Bertz CT molecular complexity index is 400. The van der Waals surface area contributed by atoms with Crippen molar-refractivity contribution in [3.8, 4) is 0 Å². The van der Waals surface area contributed by atoms with Crippen LogP contribution in [0.1, 0.15) is 18.4 Å². The SMILES string of the molecule is O=C(N[C@@H]1CCNCC[C@H]1F)OCc1ccccc1. The molecule has 19 heavy (non-hydrogen) atoms. The first kappa shape index (κ1) is 13.8. The Labute approximate surface area is 112 Å². The van der Waals surface area contributed by atoms with Crippen LogP contribution in [0.25, 0.3) is 0 Å². The smallest absolute Gasteiger partial charge is 0.407 e. The molecule has 1 aromatic rings. The van der Waals surface area contributed by atoms with E-state index in [9.17, 15) is 9.18 Å². The van der Waals surface area contributed by atoms with Crippen molar-refractivity contribution < 1.29 is 13.9 Å². The Morgan fingerprint density at radius 3 is 2.84 bits per heavy atom. The number of alkyl carbamates (subject to hydrolysis) is 1. The van der Waals surface area contributed by atoms with E-state index >= 15 is 0 Å². The molecule has 1 aliphatic heterocycles. The Hall–Kier alpha value is -1.62. The molecule has 1 amide bonds. The molecule has 2 rings (SSSR count). The minimum absolute atomic E-state index is 0.203. The predicted octanol–water partition coefficient (Wildman–Crippen LogP) is 2.00. The largest absolute Gasteiger partial charge is 0.445 e. The molecule has 0 spiro atoms. The molecular formula is C14H19FN2O2. The Balaban J connectivity index is 1.77. The molecule has 1 aliphatic rings. The van der Waals surface area contributed by atoms with Crippen LogP contribution in [0, 0.1) is 0 Å². The van der Waals surface area contributed by atoms with E-state index < -0.39 is 18.3 Å². The van der Waals surface area contributed by atoms with Gasteiger partial charge in [-0.05, 0) is 31.5 Å². The van der Waals surface area contributed by atoms with E-state index in [1.54, 1.807) is 0 Å². The number of hydrogen-bond acceptors (Lipinski definition) is 3. The molecule has 0 radical (unpaired) electrons. The van der Waals surface area contributed by atoms with Crippen LogP contribution in [0.2, 0.25) is 0 Å². The fraction of sp³-hybridized carbons (Fsp3) is 0.500. The summed E-state index contributed by atoms with van der Waals surface area (Å²) in [5, 5.41) is 5.71. The summed E-state index contributed by atoms with van der Waals surface area (Å²) in [7, 11) is 0. The maximum atomic E-state index is 13.7. The van der Waals surface area contributed by atoms with Gasteiger partial charge < -0.3 is 15.4 Å². The van der Waals surface area contributed by atoms with Gasteiger partial charge in [-0.15, -0.1) is 0 Å². The van der Waals surface area contributed by atoms with Crippen LogP contribution in [-0.4, -0.2) is 31.4 Å². The summed E-state index contributed by atoms with van der Waals surface area (Å²) in [5.74, 6) is 0. The molecule has 104 valence electrons. The summed E-state index contributed by atoms with van der Waals surface area (Å²) in [4.78, 5) is 11.6. The zero-order chi connectivity index (χ0) is 13.5. The number of amides is 1. The van der Waals surface area contributed by atoms with E-state index in [-0.39, 0.29) is 6.61 Å². The minimum Gasteiger partial charge on any atom is -0.445 e. The maximum Gasteiger partial charge on any atom is 0.407 e. The number of benzene rings is 1. The number of alkyl halides is 1. The van der Waals surface area contributed by atoms with Crippen molar-refractivity contribution in [3.63, 3.8) is 0 Å². The Morgan fingerprint density at radius 2 is 2.05 bits per heavy atom. The van der Waals surface area contributed by atoms with Crippen LogP contribution >= 0.6 is 0 Å². The van der Waals surface area contributed by atoms with Gasteiger partial charge in [0, 0.05) is 0 Å². The molecule has 0 saturated carbocycles. The number of rotatable bonds is 3. The minimum atomic E-state index is -1.01. The first-order valence-corrected chi connectivity index (χ1v) is 6.57. The highest BCUT2D eigenvalue weighted by Gasteiger charge is 2.25. The molecule has 5 heteroatoms. The lowest BCUT2D eigenvalue weighted by molar-refractivity contribution is 0.126. The fourth-order valence-electron chi connectivity index (χ4n) is 2.08. The molecule has 1 heterocycles. The fourth-order valence-corrected chi connectivity index (χ4v) is 2.08. The van der Waals surface area contributed by atoms with Gasteiger partial charge in [-0.1, -0.05) is 30.3 Å². The Kier molecular flexibility index (Phi) is 5.15. The molecule has 0 unspecified atom stereocenters. The first-order chi connectivity index (χ1) is 9.25. The van der Waals surface area contributed by atoms with Crippen LogP contribution < -0.4 is 10.6 Å². The van der Waals surface area contributed by atoms with Gasteiger partial charge in [-0.2, -0.15) is 0 Å². The van der Waals surface area contributed by atoms with Crippen molar-refractivity contribution >= 4 is 6.09 Å². The molecule has 2 N–H and O–H groups in total. The van der Waals surface area contributed by atoms with E-state index in [2.05, 4.69) is 10.6 Å².